The van der Waals surface area contributed by atoms with Gasteiger partial charge in [-0.15, -0.1) is 0 Å². The van der Waals surface area contributed by atoms with E-state index in [2.05, 4.69) is 17.0 Å². The topological polar surface area (TPSA) is 40.6 Å². The molecule has 1 fully saturated rings. The Morgan fingerprint density at radius 3 is 2.42 bits per heavy atom. The second-order valence-electron chi connectivity index (χ2n) is 6.18. The van der Waals surface area contributed by atoms with E-state index in [9.17, 15) is 9.59 Å². The molecule has 0 aromatic heterocycles. The Balaban J connectivity index is 1.70. The Labute approximate surface area is 142 Å². The SMILES string of the molecule is Cc1ccccc1C(=O)N1CCN(Cc2ccccc2)CCC1=O. The summed E-state index contributed by atoms with van der Waals surface area (Å²) in [5.74, 6) is -0.265. The lowest BCUT2D eigenvalue weighted by Gasteiger charge is -2.21. The number of benzene rings is 2. The van der Waals surface area contributed by atoms with E-state index in [0.29, 0.717) is 31.6 Å². The van der Waals surface area contributed by atoms with E-state index >= 15 is 0 Å². The molecule has 1 aliphatic heterocycles. The van der Waals surface area contributed by atoms with Crippen molar-refractivity contribution in [1.29, 1.82) is 0 Å². The van der Waals surface area contributed by atoms with E-state index in [1.54, 1.807) is 6.07 Å². The lowest BCUT2D eigenvalue weighted by molar-refractivity contribution is -0.127. The van der Waals surface area contributed by atoms with Gasteiger partial charge in [0.1, 0.15) is 0 Å². The van der Waals surface area contributed by atoms with Crippen molar-refractivity contribution in [2.75, 3.05) is 19.6 Å². The van der Waals surface area contributed by atoms with Gasteiger partial charge < -0.3 is 0 Å². The average Bonchev–Trinajstić information content (AvgIpc) is 2.78. The van der Waals surface area contributed by atoms with Gasteiger partial charge in [0, 0.05) is 38.2 Å². The zero-order valence-electron chi connectivity index (χ0n) is 13.9. The Hall–Kier alpha value is -2.46. The van der Waals surface area contributed by atoms with Crippen LogP contribution < -0.4 is 0 Å². The van der Waals surface area contributed by atoms with Crippen LogP contribution >= 0.6 is 0 Å². The van der Waals surface area contributed by atoms with E-state index in [-0.39, 0.29) is 11.8 Å². The van der Waals surface area contributed by atoms with Crippen LogP contribution in [-0.4, -0.2) is 41.2 Å². The fourth-order valence-electron chi connectivity index (χ4n) is 3.04. The van der Waals surface area contributed by atoms with Gasteiger partial charge in [0.05, 0.1) is 0 Å². The van der Waals surface area contributed by atoms with E-state index in [4.69, 9.17) is 0 Å². The van der Waals surface area contributed by atoms with E-state index in [1.807, 2.05) is 43.3 Å². The van der Waals surface area contributed by atoms with Crippen molar-refractivity contribution < 1.29 is 9.59 Å². The molecule has 3 rings (SSSR count). The van der Waals surface area contributed by atoms with Crippen LogP contribution in [0.5, 0.6) is 0 Å². The molecule has 124 valence electrons. The van der Waals surface area contributed by atoms with Crippen molar-refractivity contribution in [2.45, 2.75) is 19.9 Å². The second kappa shape index (κ2) is 7.41. The number of aryl methyl sites for hydroxylation is 1. The number of amides is 2. The molecule has 2 aromatic rings. The van der Waals surface area contributed by atoms with Crippen molar-refractivity contribution in [1.82, 2.24) is 9.80 Å². The Morgan fingerprint density at radius 2 is 1.67 bits per heavy atom. The molecule has 0 saturated carbocycles. The molecule has 0 atom stereocenters. The van der Waals surface area contributed by atoms with Gasteiger partial charge in [0.2, 0.25) is 5.91 Å². The summed E-state index contributed by atoms with van der Waals surface area (Å²) in [6, 6.07) is 17.6. The molecular formula is C20H22N2O2. The quantitative estimate of drug-likeness (QED) is 0.816. The van der Waals surface area contributed by atoms with Crippen LogP contribution in [0.1, 0.15) is 27.9 Å². The maximum Gasteiger partial charge on any atom is 0.260 e. The summed E-state index contributed by atoms with van der Waals surface area (Å²) in [5, 5.41) is 0. The number of hydrogen-bond donors (Lipinski definition) is 0. The Morgan fingerprint density at radius 1 is 0.958 bits per heavy atom. The van der Waals surface area contributed by atoms with Crippen LogP contribution in [0.3, 0.4) is 0 Å². The van der Waals surface area contributed by atoms with E-state index in [1.165, 1.54) is 10.5 Å². The Bertz CT molecular complexity index is 727. The summed E-state index contributed by atoms with van der Waals surface area (Å²) in [4.78, 5) is 28.8. The minimum absolute atomic E-state index is 0.0844. The third-order valence-electron chi connectivity index (χ3n) is 4.45. The first-order chi connectivity index (χ1) is 11.6. The molecule has 0 radical (unpaired) electrons. The minimum atomic E-state index is -0.181. The van der Waals surface area contributed by atoms with Crippen molar-refractivity contribution in [3.05, 3.63) is 71.3 Å². The fraction of sp³-hybridized carbons (Fsp3) is 0.300. The van der Waals surface area contributed by atoms with Crippen LogP contribution in [0.15, 0.2) is 54.6 Å². The highest BCUT2D eigenvalue weighted by Gasteiger charge is 2.27. The molecule has 0 N–H and O–H groups in total. The normalized spacial score (nSPS) is 16.0. The van der Waals surface area contributed by atoms with Gasteiger partial charge in [0.25, 0.3) is 5.91 Å². The lowest BCUT2D eigenvalue weighted by Crippen LogP contribution is -2.38. The maximum absolute atomic E-state index is 12.7. The van der Waals surface area contributed by atoms with Gasteiger partial charge in [-0.1, -0.05) is 48.5 Å². The largest absolute Gasteiger partial charge is 0.297 e. The van der Waals surface area contributed by atoms with Crippen LogP contribution in [0.2, 0.25) is 0 Å². The van der Waals surface area contributed by atoms with Crippen molar-refractivity contribution in [3.63, 3.8) is 0 Å². The summed E-state index contributed by atoms with van der Waals surface area (Å²) >= 11 is 0. The molecule has 2 aromatic carbocycles. The summed E-state index contributed by atoms with van der Waals surface area (Å²) in [7, 11) is 0. The summed E-state index contributed by atoms with van der Waals surface area (Å²) in [5.41, 5.74) is 2.74. The molecular weight excluding hydrogens is 300 g/mol. The highest BCUT2D eigenvalue weighted by molar-refractivity contribution is 6.05. The van der Waals surface area contributed by atoms with Crippen LogP contribution in [0.25, 0.3) is 0 Å². The number of hydrogen-bond acceptors (Lipinski definition) is 3. The second-order valence-corrected chi connectivity index (χ2v) is 6.18. The predicted octanol–water partition coefficient (Wildman–Crippen LogP) is 2.87. The van der Waals surface area contributed by atoms with E-state index < -0.39 is 0 Å². The molecule has 1 aliphatic rings. The molecule has 1 heterocycles. The first-order valence-electron chi connectivity index (χ1n) is 8.32. The smallest absolute Gasteiger partial charge is 0.260 e. The highest BCUT2D eigenvalue weighted by atomic mass is 16.2. The van der Waals surface area contributed by atoms with Gasteiger partial charge in [-0.05, 0) is 24.1 Å². The monoisotopic (exact) mass is 322 g/mol. The van der Waals surface area contributed by atoms with Gasteiger partial charge >= 0.3 is 0 Å². The average molecular weight is 322 g/mol. The molecule has 0 bridgehead atoms. The Kier molecular flexibility index (Phi) is 5.06. The summed E-state index contributed by atoms with van der Waals surface area (Å²) < 4.78 is 0. The first kappa shape index (κ1) is 16.4. The van der Waals surface area contributed by atoms with Crippen LogP contribution in [-0.2, 0) is 11.3 Å². The molecule has 24 heavy (non-hydrogen) atoms. The highest BCUT2D eigenvalue weighted by Crippen LogP contribution is 2.15. The molecule has 4 heteroatoms. The van der Waals surface area contributed by atoms with Gasteiger partial charge in [-0.25, -0.2) is 0 Å². The molecule has 0 unspecified atom stereocenters. The molecule has 0 aliphatic carbocycles. The van der Waals surface area contributed by atoms with Gasteiger partial charge in [-0.3, -0.25) is 19.4 Å². The van der Waals surface area contributed by atoms with Crippen molar-refractivity contribution in [3.8, 4) is 0 Å². The third-order valence-corrected chi connectivity index (χ3v) is 4.45. The number of carbonyl (C=O) groups is 2. The lowest BCUT2D eigenvalue weighted by atomic mass is 10.1. The fourth-order valence-corrected chi connectivity index (χ4v) is 3.04. The van der Waals surface area contributed by atoms with Gasteiger partial charge in [0.15, 0.2) is 0 Å². The number of nitrogens with zero attached hydrogens (tertiary/aromatic N) is 2. The van der Waals surface area contributed by atoms with Crippen molar-refractivity contribution in [2.24, 2.45) is 0 Å². The van der Waals surface area contributed by atoms with Crippen molar-refractivity contribution >= 4 is 11.8 Å². The number of imide groups is 1. The molecule has 4 nitrogen and oxygen atoms in total. The first-order valence-corrected chi connectivity index (χ1v) is 8.32. The number of carbonyl (C=O) groups excluding carboxylic acids is 2. The molecule has 2 amide bonds. The minimum Gasteiger partial charge on any atom is -0.297 e. The molecule has 0 spiro atoms. The van der Waals surface area contributed by atoms with Gasteiger partial charge in [-0.2, -0.15) is 0 Å². The third kappa shape index (κ3) is 3.71. The standard InChI is InChI=1S/C20H22N2O2/c1-16-7-5-6-10-18(16)20(24)22-14-13-21(12-11-19(22)23)15-17-8-3-2-4-9-17/h2-10H,11-15H2,1H3. The van der Waals surface area contributed by atoms with E-state index in [0.717, 1.165) is 12.1 Å². The number of rotatable bonds is 3. The van der Waals surface area contributed by atoms with Crippen LogP contribution in [0.4, 0.5) is 0 Å². The zero-order valence-corrected chi connectivity index (χ0v) is 13.9. The van der Waals surface area contributed by atoms with Crippen LogP contribution in [0, 0.1) is 6.92 Å². The molecule has 1 saturated heterocycles. The zero-order chi connectivity index (χ0) is 16.9. The predicted molar refractivity (Wildman–Crippen MR) is 93.6 cm³/mol. The summed E-state index contributed by atoms with van der Waals surface area (Å²) in [6.07, 6.45) is 0.379. The maximum atomic E-state index is 12.7. The summed E-state index contributed by atoms with van der Waals surface area (Å²) in [6.45, 7) is 4.54.